The molecule has 1 aromatic rings. The van der Waals surface area contributed by atoms with E-state index >= 15 is 0 Å². The number of amides is 5. The Balaban J connectivity index is 1.39. The molecule has 188 valence electrons. The molecule has 2 saturated heterocycles. The lowest BCUT2D eigenvalue weighted by molar-refractivity contribution is -0.159. The van der Waals surface area contributed by atoms with Gasteiger partial charge >= 0.3 is 6.03 Å². The van der Waals surface area contributed by atoms with E-state index in [1.165, 1.54) is 5.01 Å². The summed E-state index contributed by atoms with van der Waals surface area (Å²) >= 11 is 0. The summed E-state index contributed by atoms with van der Waals surface area (Å²) in [5.41, 5.74) is 10.5. The lowest BCUT2D eigenvalue weighted by Crippen LogP contribution is -2.66. The van der Waals surface area contributed by atoms with Crippen molar-refractivity contribution in [3.8, 4) is 0 Å². The van der Waals surface area contributed by atoms with Gasteiger partial charge in [-0.1, -0.05) is 42.7 Å². The zero-order valence-electron chi connectivity index (χ0n) is 20.1. The van der Waals surface area contributed by atoms with Crippen molar-refractivity contribution in [1.29, 1.82) is 0 Å². The lowest BCUT2D eigenvalue weighted by atomic mass is 9.75. The number of urea groups is 1. The number of nitrogens with two attached hydrogens (primary N) is 1. The van der Waals surface area contributed by atoms with Crippen LogP contribution in [0.3, 0.4) is 0 Å². The quantitative estimate of drug-likeness (QED) is 0.561. The van der Waals surface area contributed by atoms with Gasteiger partial charge in [0.1, 0.15) is 6.54 Å². The third kappa shape index (κ3) is 4.59. The van der Waals surface area contributed by atoms with Gasteiger partial charge in [0.25, 0.3) is 0 Å². The van der Waals surface area contributed by atoms with E-state index in [1.54, 1.807) is 9.80 Å². The highest BCUT2D eigenvalue weighted by atomic mass is 16.2. The van der Waals surface area contributed by atoms with E-state index < -0.39 is 18.2 Å². The van der Waals surface area contributed by atoms with Gasteiger partial charge in [-0.25, -0.2) is 9.80 Å². The van der Waals surface area contributed by atoms with E-state index in [-0.39, 0.29) is 42.3 Å². The first-order valence-corrected chi connectivity index (χ1v) is 12.6. The van der Waals surface area contributed by atoms with E-state index in [0.29, 0.717) is 25.8 Å². The van der Waals surface area contributed by atoms with Gasteiger partial charge < -0.3 is 16.0 Å². The number of fused-ring (bicyclic) bond motifs is 3. The lowest BCUT2D eigenvalue weighted by Gasteiger charge is -2.49. The van der Waals surface area contributed by atoms with Gasteiger partial charge in [0.15, 0.2) is 6.29 Å². The van der Waals surface area contributed by atoms with Gasteiger partial charge in [-0.05, 0) is 44.6 Å². The van der Waals surface area contributed by atoms with E-state index in [0.717, 1.165) is 36.8 Å². The zero-order valence-corrected chi connectivity index (χ0v) is 20.1. The van der Waals surface area contributed by atoms with Crippen molar-refractivity contribution >= 4 is 23.8 Å². The molecule has 0 radical (unpaired) electrons. The van der Waals surface area contributed by atoms with Gasteiger partial charge in [0.05, 0.1) is 5.92 Å². The van der Waals surface area contributed by atoms with Gasteiger partial charge in [0, 0.05) is 24.5 Å². The number of hydrogen-bond donors (Lipinski definition) is 3. The minimum Gasteiger partial charge on any atom is -0.368 e. The summed E-state index contributed by atoms with van der Waals surface area (Å²) in [6, 6.07) is 7.36. The SMILES string of the molecule is Cc1ccc(CN2C(=O)C3CCC(C(=O)NC4CCCC4)CC3N3C(=O)N(CC(N)=O)NC23)cc1. The maximum atomic E-state index is 13.7. The van der Waals surface area contributed by atoms with Crippen LogP contribution in [0.25, 0.3) is 0 Å². The van der Waals surface area contributed by atoms with Crippen molar-refractivity contribution in [2.24, 2.45) is 17.6 Å². The molecule has 0 aromatic heterocycles. The summed E-state index contributed by atoms with van der Waals surface area (Å²) in [7, 11) is 0. The normalized spacial score (nSPS) is 28.8. The molecule has 10 nitrogen and oxygen atoms in total. The second kappa shape index (κ2) is 9.49. The fourth-order valence-corrected chi connectivity index (χ4v) is 6.07. The predicted octanol–water partition coefficient (Wildman–Crippen LogP) is 1.19. The first-order chi connectivity index (χ1) is 16.8. The average Bonchev–Trinajstić information content (AvgIpc) is 3.45. The van der Waals surface area contributed by atoms with Crippen LogP contribution in [-0.2, 0) is 20.9 Å². The number of nitrogens with zero attached hydrogens (tertiary/aromatic N) is 3. The van der Waals surface area contributed by atoms with Crippen molar-refractivity contribution in [2.45, 2.75) is 76.8 Å². The smallest absolute Gasteiger partial charge is 0.337 e. The Morgan fingerprint density at radius 2 is 1.80 bits per heavy atom. The van der Waals surface area contributed by atoms with Crippen LogP contribution >= 0.6 is 0 Å². The van der Waals surface area contributed by atoms with E-state index in [4.69, 9.17) is 5.73 Å². The number of hydrazine groups is 1. The van der Waals surface area contributed by atoms with Crippen molar-refractivity contribution in [3.05, 3.63) is 35.4 Å². The third-order valence-electron chi connectivity index (χ3n) is 7.92. The van der Waals surface area contributed by atoms with Gasteiger partial charge in [-0.2, -0.15) is 5.43 Å². The number of carbonyl (C=O) groups is 4. The minimum atomic E-state index is -0.728. The summed E-state index contributed by atoms with van der Waals surface area (Å²) < 4.78 is 0. The molecule has 4 aliphatic rings. The second-order valence-electron chi connectivity index (χ2n) is 10.4. The molecule has 4 fully saturated rings. The fraction of sp³-hybridized carbons (Fsp3) is 0.600. The van der Waals surface area contributed by atoms with Crippen LogP contribution in [0.4, 0.5) is 4.79 Å². The number of benzene rings is 1. The highest BCUT2D eigenvalue weighted by molar-refractivity contribution is 5.88. The van der Waals surface area contributed by atoms with E-state index in [1.807, 2.05) is 31.2 Å². The number of hydrogen-bond acceptors (Lipinski definition) is 5. The fourth-order valence-electron chi connectivity index (χ4n) is 6.07. The maximum absolute atomic E-state index is 13.7. The number of carbonyl (C=O) groups excluding carboxylic acids is 4. The van der Waals surface area contributed by atoms with Crippen LogP contribution in [0.2, 0.25) is 0 Å². The van der Waals surface area contributed by atoms with Crippen molar-refractivity contribution in [1.82, 2.24) is 25.6 Å². The van der Waals surface area contributed by atoms with Crippen LogP contribution < -0.4 is 16.5 Å². The molecule has 2 saturated carbocycles. The Morgan fingerprint density at radius 1 is 1.09 bits per heavy atom. The molecule has 4 N–H and O–H groups in total. The van der Waals surface area contributed by atoms with Crippen LogP contribution in [0.15, 0.2) is 24.3 Å². The van der Waals surface area contributed by atoms with Crippen LogP contribution in [-0.4, -0.2) is 63.5 Å². The Bertz CT molecular complexity index is 1010. The van der Waals surface area contributed by atoms with Crippen molar-refractivity contribution in [2.75, 3.05) is 6.54 Å². The maximum Gasteiger partial charge on any atom is 0.337 e. The minimum absolute atomic E-state index is 0.0232. The van der Waals surface area contributed by atoms with E-state index in [9.17, 15) is 19.2 Å². The second-order valence-corrected chi connectivity index (χ2v) is 10.4. The Hall–Kier alpha value is -3.14. The topological polar surface area (TPSA) is 128 Å². The molecular weight excluding hydrogens is 448 g/mol. The number of primary amides is 1. The molecule has 2 heterocycles. The molecule has 0 spiro atoms. The molecule has 35 heavy (non-hydrogen) atoms. The average molecular weight is 483 g/mol. The summed E-state index contributed by atoms with van der Waals surface area (Å²) in [6.07, 6.45) is 5.16. The summed E-state index contributed by atoms with van der Waals surface area (Å²) in [4.78, 5) is 55.0. The molecule has 0 bridgehead atoms. The first-order valence-electron chi connectivity index (χ1n) is 12.6. The van der Waals surface area contributed by atoms with Crippen molar-refractivity contribution in [3.63, 3.8) is 0 Å². The van der Waals surface area contributed by atoms with Crippen molar-refractivity contribution < 1.29 is 19.2 Å². The number of aryl methyl sites for hydroxylation is 1. The number of nitrogens with one attached hydrogen (secondary N) is 2. The molecule has 4 atom stereocenters. The molecule has 4 unspecified atom stereocenters. The van der Waals surface area contributed by atoms with E-state index in [2.05, 4.69) is 10.7 Å². The monoisotopic (exact) mass is 482 g/mol. The molecule has 1 aromatic carbocycles. The highest BCUT2D eigenvalue weighted by Gasteiger charge is 2.56. The Morgan fingerprint density at radius 3 is 2.49 bits per heavy atom. The van der Waals surface area contributed by atoms with Crippen LogP contribution in [0.5, 0.6) is 0 Å². The zero-order chi connectivity index (χ0) is 24.7. The summed E-state index contributed by atoms with van der Waals surface area (Å²) in [5.74, 6) is -1.28. The highest BCUT2D eigenvalue weighted by Crippen LogP contribution is 2.41. The Labute approximate surface area is 205 Å². The Kier molecular flexibility index (Phi) is 6.39. The number of rotatable bonds is 6. The summed E-state index contributed by atoms with van der Waals surface area (Å²) in [5, 5.41) is 4.37. The molecule has 2 aliphatic carbocycles. The molecule has 5 amide bonds. The molecule has 10 heteroatoms. The molecule has 5 rings (SSSR count). The van der Waals surface area contributed by atoms with Crippen LogP contribution in [0, 0.1) is 18.8 Å². The third-order valence-corrected chi connectivity index (χ3v) is 7.92. The standard InChI is InChI=1S/C25H34N6O4/c1-15-6-8-16(9-7-15)13-29-23(34)19-11-10-17(22(33)27-18-4-2-3-5-18)12-20(19)31-24(29)28-30(25(31)35)14-21(26)32/h6-9,17-20,24,28H,2-5,10-14H2,1H3,(H2,26,32)(H,27,33). The summed E-state index contributed by atoms with van der Waals surface area (Å²) in [6.45, 7) is 2.05. The largest absolute Gasteiger partial charge is 0.368 e. The molecule has 2 aliphatic heterocycles. The molecular formula is C25H34N6O4. The van der Waals surface area contributed by atoms with Gasteiger partial charge in [0.2, 0.25) is 17.7 Å². The van der Waals surface area contributed by atoms with Crippen LogP contribution in [0.1, 0.15) is 56.1 Å². The predicted molar refractivity (Wildman–Crippen MR) is 127 cm³/mol. The van der Waals surface area contributed by atoms with Gasteiger partial charge in [-0.15, -0.1) is 0 Å². The first kappa shape index (κ1) is 23.6. The van der Waals surface area contributed by atoms with Gasteiger partial charge in [-0.3, -0.25) is 19.3 Å².